The second-order valence-electron chi connectivity index (χ2n) is 5.73. The van der Waals surface area contributed by atoms with Crippen molar-refractivity contribution in [2.24, 2.45) is 0 Å². The van der Waals surface area contributed by atoms with Crippen LogP contribution in [0.3, 0.4) is 0 Å². The highest BCUT2D eigenvalue weighted by atomic mass is 35.5. The highest BCUT2D eigenvalue weighted by Crippen LogP contribution is 2.25. The minimum absolute atomic E-state index is 0. The van der Waals surface area contributed by atoms with Crippen LogP contribution in [0.1, 0.15) is 30.1 Å². The van der Waals surface area contributed by atoms with Crippen LogP contribution in [0.4, 0.5) is 17.1 Å². The molecular formula is C19H27Cl2N3O2. The Morgan fingerprint density at radius 1 is 1.15 bits per heavy atom. The zero-order chi connectivity index (χ0) is 17.5. The van der Waals surface area contributed by atoms with Crippen LogP contribution in [0.15, 0.2) is 42.5 Å². The molecule has 0 fully saturated rings. The van der Waals surface area contributed by atoms with Crippen molar-refractivity contribution >= 4 is 47.8 Å². The number of benzene rings is 2. The fourth-order valence-electron chi connectivity index (χ4n) is 2.41. The standard InChI is InChI=1S/C19H25N3O2.2ClH/c1-4-5-12-22(2)16-9-6-14(7-10-16)19(23)21-15-8-11-18(24-3)17(20)13-15;;/h6-11,13H,4-5,12,20H2,1-3H3,(H,21,23);2*1H. The molecule has 0 saturated carbocycles. The van der Waals surface area contributed by atoms with Crippen molar-refractivity contribution in [1.29, 1.82) is 0 Å². The van der Waals surface area contributed by atoms with Crippen LogP contribution in [0.25, 0.3) is 0 Å². The third-order valence-corrected chi connectivity index (χ3v) is 3.90. The predicted octanol–water partition coefficient (Wildman–Crippen LogP) is 4.61. The van der Waals surface area contributed by atoms with Crippen LogP contribution in [0, 0.1) is 0 Å². The number of ether oxygens (including phenoxy) is 1. The lowest BCUT2D eigenvalue weighted by Gasteiger charge is -2.19. The van der Waals surface area contributed by atoms with Crippen molar-refractivity contribution in [3.63, 3.8) is 0 Å². The normalized spacial score (nSPS) is 9.50. The molecule has 0 saturated heterocycles. The van der Waals surface area contributed by atoms with E-state index < -0.39 is 0 Å². The van der Waals surface area contributed by atoms with Crippen molar-refractivity contribution in [2.75, 3.05) is 36.7 Å². The number of anilines is 3. The van der Waals surface area contributed by atoms with Gasteiger partial charge in [-0.3, -0.25) is 4.79 Å². The van der Waals surface area contributed by atoms with Gasteiger partial charge in [-0.25, -0.2) is 0 Å². The summed E-state index contributed by atoms with van der Waals surface area (Å²) < 4.78 is 5.11. The summed E-state index contributed by atoms with van der Waals surface area (Å²) in [6.45, 7) is 3.18. The lowest BCUT2D eigenvalue weighted by Crippen LogP contribution is -2.18. The SMILES string of the molecule is CCCCN(C)c1ccc(C(=O)Nc2ccc(OC)c(N)c2)cc1.Cl.Cl. The fourth-order valence-corrected chi connectivity index (χ4v) is 2.41. The van der Waals surface area contributed by atoms with Gasteiger partial charge < -0.3 is 20.7 Å². The first-order valence-electron chi connectivity index (χ1n) is 8.11. The Morgan fingerprint density at radius 2 is 1.81 bits per heavy atom. The molecule has 1 amide bonds. The summed E-state index contributed by atoms with van der Waals surface area (Å²) in [4.78, 5) is 14.5. The van der Waals surface area contributed by atoms with E-state index in [9.17, 15) is 4.79 Å². The third kappa shape index (κ3) is 6.32. The third-order valence-electron chi connectivity index (χ3n) is 3.90. The maximum Gasteiger partial charge on any atom is 0.255 e. The molecular weight excluding hydrogens is 373 g/mol. The van der Waals surface area contributed by atoms with Crippen molar-refractivity contribution in [3.05, 3.63) is 48.0 Å². The van der Waals surface area contributed by atoms with Crippen molar-refractivity contribution < 1.29 is 9.53 Å². The maximum absolute atomic E-state index is 12.3. The molecule has 0 aliphatic rings. The molecule has 0 heterocycles. The molecule has 0 aliphatic heterocycles. The minimum atomic E-state index is -0.165. The van der Waals surface area contributed by atoms with E-state index in [1.807, 2.05) is 24.3 Å². The van der Waals surface area contributed by atoms with Crippen LogP contribution in [0.5, 0.6) is 5.75 Å². The van der Waals surface area contributed by atoms with Gasteiger partial charge in [0.25, 0.3) is 5.91 Å². The first kappa shape index (κ1) is 23.9. The lowest BCUT2D eigenvalue weighted by atomic mass is 10.1. The van der Waals surface area contributed by atoms with Gasteiger partial charge in [-0.2, -0.15) is 0 Å². The van der Waals surface area contributed by atoms with E-state index in [2.05, 4.69) is 24.2 Å². The van der Waals surface area contributed by atoms with E-state index in [1.165, 1.54) is 0 Å². The topological polar surface area (TPSA) is 67.6 Å². The summed E-state index contributed by atoms with van der Waals surface area (Å²) in [6, 6.07) is 12.8. The van der Waals surface area contributed by atoms with Crippen LogP contribution in [0.2, 0.25) is 0 Å². The van der Waals surface area contributed by atoms with Gasteiger partial charge >= 0.3 is 0 Å². The van der Waals surface area contributed by atoms with Crippen LogP contribution < -0.4 is 20.7 Å². The molecule has 3 N–H and O–H groups in total. The van der Waals surface area contributed by atoms with Gasteiger partial charge in [0.05, 0.1) is 12.8 Å². The van der Waals surface area contributed by atoms with E-state index in [1.54, 1.807) is 25.3 Å². The number of carbonyl (C=O) groups excluding carboxylic acids is 1. The first-order valence-corrected chi connectivity index (χ1v) is 8.11. The number of nitrogens with two attached hydrogens (primary N) is 1. The molecule has 0 unspecified atom stereocenters. The number of methoxy groups -OCH3 is 1. The number of unbranched alkanes of at least 4 members (excludes halogenated alkanes) is 1. The Balaban J connectivity index is 0.00000312. The molecule has 0 bridgehead atoms. The van der Waals surface area contributed by atoms with E-state index in [0.717, 1.165) is 25.1 Å². The fraction of sp³-hybridized carbons (Fsp3) is 0.316. The second kappa shape index (κ2) is 11.5. The van der Waals surface area contributed by atoms with Gasteiger partial charge in [-0.15, -0.1) is 24.8 Å². The Labute approximate surface area is 167 Å². The molecule has 0 atom stereocenters. The van der Waals surface area contributed by atoms with Crippen LogP contribution >= 0.6 is 24.8 Å². The smallest absolute Gasteiger partial charge is 0.255 e. The van der Waals surface area contributed by atoms with E-state index in [4.69, 9.17) is 10.5 Å². The number of rotatable bonds is 7. The predicted molar refractivity (Wildman–Crippen MR) is 114 cm³/mol. The molecule has 0 spiro atoms. The van der Waals surface area contributed by atoms with Gasteiger partial charge in [0.1, 0.15) is 5.75 Å². The van der Waals surface area contributed by atoms with Crippen molar-refractivity contribution in [3.8, 4) is 5.75 Å². The van der Waals surface area contributed by atoms with Gasteiger partial charge in [0, 0.05) is 30.5 Å². The van der Waals surface area contributed by atoms with Crippen molar-refractivity contribution in [2.45, 2.75) is 19.8 Å². The van der Waals surface area contributed by atoms with Crippen LogP contribution in [-0.4, -0.2) is 26.6 Å². The summed E-state index contributed by atoms with van der Waals surface area (Å²) in [5.74, 6) is 0.426. The monoisotopic (exact) mass is 399 g/mol. The number of nitrogens with zero attached hydrogens (tertiary/aromatic N) is 1. The number of hydrogen-bond donors (Lipinski definition) is 2. The molecule has 7 heteroatoms. The van der Waals surface area contributed by atoms with Gasteiger partial charge in [0.15, 0.2) is 0 Å². The summed E-state index contributed by atoms with van der Waals surface area (Å²) >= 11 is 0. The zero-order valence-electron chi connectivity index (χ0n) is 15.3. The molecule has 26 heavy (non-hydrogen) atoms. The van der Waals surface area contributed by atoms with Crippen LogP contribution in [-0.2, 0) is 0 Å². The lowest BCUT2D eigenvalue weighted by molar-refractivity contribution is 0.102. The largest absolute Gasteiger partial charge is 0.495 e. The average molecular weight is 400 g/mol. The van der Waals surface area contributed by atoms with Gasteiger partial charge in [0.2, 0.25) is 0 Å². The number of carbonyl (C=O) groups is 1. The Morgan fingerprint density at radius 3 is 2.35 bits per heavy atom. The number of hydrogen-bond acceptors (Lipinski definition) is 4. The molecule has 5 nitrogen and oxygen atoms in total. The molecule has 0 radical (unpaired) electrons. The summed E-state index contributed by atoms with van der Waals surface area (Å²) in [7, 11) is 3.62. The summed E-state index contributed by atoms with van der Waals surface area (Å²) in [5, 5.41) is 2.85. The number of nitrogen functional groups attached to an aromatic ring is 1. The Bertz CT molecular complexity index is 694. The minimum Gasteiger partial charge on any atom is -0.495 e. The molecule has 0 aromatic heterocycles. The quantitative estimate of drug-likeness (QED) is 0.666. The van der Waals surface area contributed by atoms with Gasteiger partial charge in [-0.1, -0.05) is 13.3 Å². The number of halogens is 2. The molecule has 144 valence electrons. The first-order chi connectivity index (χ1) is 11.5. The molecule has 2 aromatic carbocycles. The highest BCUT2D eigenvalue weighted by Gasteiger charge is 2.09. The number of amides is 1. The Kier molecular flexibility index (Phi) is 10.6. The Hall–Kier alpha value is -2.11. The van der Waals surface area contributed by atoms with Crippen molar-refractivity contribution in [1.82, 2.24) is 0 Å². The van der Waals surface area contributed by atoms with E-state index in [0.29, 0.717) is 22.7 Å². The van der Waals surface area contributed by atoms with E-state index >= 15 is 0 Å². The number of nitrogens with one attached hydrogen (secondary N) is 1. The zero-order valence-corrected chi connectivity index (χ0v) is 17.0. The summed E-state index contributed by atoms with van der Waals surface area (Å²) in [5.41, 5.74) is 8.70. The molecule has 2 rings (SSSR count). The second-order valence-corrected chi connectivity index (χ2v) is 5.73. The highest BCUT2D eigenvalue weighted by molar-refractivity contribution is 6.04. The molecule has 0 aliphatic carbocycles. The van der Waals surface area contributed by atoms with Gasteiger partial charge in [-0.05, 0) is 48.9 Å². The molecule has 2 aromatic rings. The average Bonchev–Trinajstić information content (AvgIpc) is 2.60. The maximum atomic E-state index is 12.3. The summed E-state index contributed by atoms with van der Waals surface area (Å²) in [6.07, 6.45) is 2.31. The van der Waals surface area contributed by atoms with E-state index in [-0.39, 0.29) is 30.7 Å².